The van der Waals surface area contributed by atoms with Crippen LogP contribution in [-0.4, -0.2) is 11.0 Å². The van der Waals surface area contributed by atoms with E-state index in [0.717, 1.165) is 17.5 Å². The second-order valence-electron chi connectivity index (χ2n) is 4.79. The van der Waals surface area contributed by atoms with E-state index in [1.54, 1.807) is 18.2 Å². The molecule has 0 aromatic heterocycles. The maximum atomic E-state index is 12.1. The quantitative estimate of drug-likeness (QED) is 0.875. The number of hydrogen-bond acceptors (Lipinski definition) is 2. The van der Waals surface area contributed by atoms with Crippen molar-refractivity contribution in [1.29, 1.82) is 0 Å². The van der Waals surface area contributed by atoms with Gasteiger partial charge in [-0.05, 0) is 29.7 Å². The van der Waals surface area contributed by atoms with Crippen LogP contribution < -0.4 is 5.32 Å². The fourth-order valence-electron chi connectivity index (χ4n) is 2.20. The summed E-state index contributed by atoms with van der Waals surface area (Å²) in [6.07, 6.45) is 1.12. The number of carbonyl (C=O) groups excluding carboxylic acids is 1. The van der Waals surface area contributed by atoms with Crippen LogP contribution in [0.2, 0.25) is 0 Å². The molecule has 2 N–H and O–H groups in total. The SMILES string of the molecule is CCC(NC(=O)Cc1cccc(O)c1)c1ccccc1. The van der Waals surface area contributed by atoms with Crippen molar-refractivity contribution in [2.24, 2.45) is 0 Å². The van der Waals surface area contributed by atoms with Gasteiger partial charge in [0.2, 0.25) is 5.91 Å². The predicted molar refractivity (Wildman–Crippen MR) is 79.4 cm³/mol. The maximum Gasteiger partial charge on any atom is 0.224 e. The third kappa shape index (κ3) is 3.85. The Hall–Kier alpha value is -2.29. The lowest BCUT2D eigenvalue weighted by Crippen LogP contribution is -2.29. The fourth-order valence-corrected chi connectivity index (χ4v) is 2.20. The van der Waals surface area contributed by atoms with Crippen LogP contribution >= 0.6 is 0 Å². The van der Waals surface area contributed by atoms with E-state index in [4.69, 9.17) is 0 Å². The van der Waals surface area contributed by atoms with E-state index in [9.17, 15) is 9.90 Å². The Morgan fingerprint density at radius 2 is 1.90 bits per heavy atom. The number of phenols is 1. The van der Waals surface area contributed by atoms with Crippen molar-refractivity contribution in [3.05, 3.63) is 65.7 Å². The molecule has 0 heterocycles. The van der Waals surface area contributed by atoms with E-state index in [0.29, 0.717) is 0 Å². The number of phenolic OH excluding ortho intramolecular Hbond substituents is 1. The largest absolute Gasteiger partial charge is 0.508 e. The molecule has 20 heavy (non-hydrogen) atoms. The highest BCUT2D eigenvalue weighted by atomic mass is 16.3. The second kappa shape index (κ2) is 6.75. The lowest BCUT2D eigenvalue weighted by Gasteiger charge is -2.17. The summed E-state index contributed by atoms with van der Waals surface area (Å²) in [5.41, 5.74) is 1.92. The summed E-state index contributed by atoms with van der Waals surface area (Å²) in [4.78, 5) is 12.1. The first-order chi connectivity index (χ1) is 9.69. The third-order valence-corrected chi connectivity index (χ3v) is 3.22. The summed E-state index contributed by atoms with van der Waals surface area (Å²) in [6.45, 7) is 2.05. The Morgan fingerprint density at radius 1 is 1.15 bits per heavy atom. The molecule has 2 aromatic rings. The van der Waals surface area contributed by atoms with Crippen molar-refractivity contribution < 1.29 is 9.90 Å². The Kier molecular flexibility index (Phi) is 4.77. The smallest absolute Gasteiger partial charge is 0.224 e. The molecule has 3 heteroatoms. The van der Waals surface area contributed by atoms with Gasteiger partial charge in [-0.3, -0.25) is 4.79 Å². The van der Waals surface area contributed by atoms with Gasteiger partial charge in [-0.1, -0.05) is 49.4 Å². The number of benzene rings is 2. The van der Waals surface area contributed by atoms with Crippen LogP contribution in [0.4, 0.5) is 0 Å². The molecular weight excluding hydrogens is 250 g/mol. The van der Waals surface area contributed by atoms with Crippen molar-refractivity contribution >= 4 is 5.91 Å². The first-order valence-electron chi connectivity index (χ1n) is 6.81. The Bertz CT molecular complexity index is 566. The highest BCUT2D eigenvalue weighted by Gasteiger charge is 2.12. The van der Waals surface area contributed by atoms with E-state index >= 15 is 0 Å². The minimum atomic E-state index is -0.0358. The van der Waals surface area contributed by atoms with Gasteiger partial charge in [0.05, 0.1) is 12.5 Å². The molecule has 1 amide bonds. The molecule has 3 nitrogen and oxygen atoms in total. The maximum absolute atomic E-state index is 12.1. The number of aromatic hydroxyl groups is 1. The lowest BCUT2D eigenvalue weighted by molar-refractivity contribution is -0.121. The molecule has 0 aliphatic heterocycles. The molecule has 0 fully saturated rings. The predicted octanol–water partition coefficient (Wildman–Crippen LogP) is 3.20. The number of nitrogens with one attached hydrogen (secondary N) is 1. The molecule has 0 radical (unpaired) electrons. The van der Waals surface area contributed by atoms with Gasteiger partial charge in [0.15, 0.2) is 0 Å². The van der Waals surface area contributed by atoms with E-state index in [1.165, 1.54) is 0 Å². The zero-order valence-corrected chi connectivity index (χ0v) is 11.5. The van der Waals surface area contributed by atoms with Gasteiger partial charge < -0.3 is 10.4 Å². The molecule has 0 spiro atoms. The van der Waals surface area contributed by atoms with Gasteiger partial charge in [0, 0.05) is 0 Å². The first kappa shape index (κ1) is 14.1. The van der Waals surface area contributed by atoms with Gasteiger partial charge in [-0.25, -0.2) is 0 Å². The van der Waals surface area contributed by atoms with Gasteiger partial charge in [-0.2, -0.15) is 0 Å². The summed E-state index contributed by atoms with van der Waals surface area (Å²) < 4.78 is 0. The van der Waals surface area contributed by atoms with Crippen molar-refractivity contribution in [2.75, 3.05) is 0 Å². The van der Waals surface area contributed by atoms with Crippen LogP contribution in [0.15, 0.2) is 54.6 Å². The van der Waals surface area contributed by atoms with E-state index in [1.807, 2.05) is 43.3 Å². The van der Waals surface area contributed by atoms with Gasteiger partial charge in [0.1, 0.15) is 5.75 Å². The van der Waals surface area contributed by atoms with Crippen molar-refractivity contribution in [3.63, 3.8) is 0 Å². The topological polar surface area (TPSA) is 49.3 Å². The number of rotatable bonds is 5. The summed E-state index contributed by atoms with van der Waals surface area (Å²) in [7, 11) is 0. The Labute approximate surface area is 119 Å². The van der Waals surface area contributed by atoms with Crippen molar-refractivity contribution in [3.8, 4) is 5.75 Å². The standard InChI is InChI=1S/C17H19NO2/c1-2-16(14-8-4-3-5-9-14)18-17(20)12-13-7-6-10-15(19)11-13/h3-11,16,19H,2,12H2,1H3,(H,18,20). The molecule has 0 saturated heterocycles. The summed E-state index contributed by atoms with van der Waals surface area (Å²) in [5, 5.41) is 12.4. The summed E-state index contributed by atoms with van der Waals surface area (Å²) in [6, 6.07) is 16.8. The molecule has 1 unspecified atom stereocenters. The Balaban J connectivity index is 2.00. The third-order valence-electron chi connectivity index (χ3n) is 3.22. The minimum Gasteiger partial charge on any atom is -0.508 e. The number of carbonyl (C=O) groups is 1. The molecule has 0 bridgehead atoms. The molecule has 2 aromatic carbocycles. The van der Waals surface area contributed by atoms with Crippen molar-refractivity contribution in [2.45, 2.75) is 25.8 Å². The fraction of sp³-hybridized carbons (Fsp3) is 0.235. The van der Waals surface area contributed by atoms with Gasteiger partial charge >= 0.3 is 0 Å². The lowest BCUT2D eigenvalue weighted by atomic mass is 10.0. The average molecular weight is 269 g/mol. The molecule has 0 aliphatic carbocycles. The van der Waals surface area contributed by atoms with E-state index in [-0.39, 0.29) is 24.1 Å². The monoisotopic (exact) mass is 269 g/mol. The zero-order chi connectivity index (χ0) is 14.4. The van der Waals surface area contributed by atoms with Crippen LogP contribution in [0.25, 0.3) is 0 Å². The molecular formula is C17H19NO2. The van der Waals surface area contributed by atoms with Crippen LogP contribution in [0.3, 0.4) is 0 Å². The minimum absolute atomic E-state index is 0.0287. The summed E-state index contributed by atoms with van der Waals surface area (Å²) in [5.74, 6) is 0.150. The van der Waals surface area contributed by atoms with Crippen LogP contribution in [0.1, 0.15) is 30.5 Å². The average Bonchev–Trinajstić information content (AvgIpc) is 2.45. The first-order valence-corrected chi connectivity index (χ1v) is 6.81. The summed E-state index contributed by atoms with van der Waals surface area (Å²) >= 11 is 0. The highest BCUT2D eigenvalue weighted by molar-refractivity contribution is 5.79. The molecule has 0 aliphatic rings. The van der Waals surface area contributed by atoms with Crippen molar-refractivity contribution in [1.82, 2.24) is 5.32 Å². The van der Waals surface area contributed by atoms with Crippen LogP contribution in [-0.2, 0) is 11.2 Å². The second-order valence-corrected chi connectivity index (χ2v) is 4.79. The van der Waals surface area contributed by atoms with Gasteiger partial charge in [0.25, 0.3) is 0 Å². The molecule has 2 rings (SSSR count). The van der Waals surface area contributed by atoms with E-state index < -0.39 is 0 Å². The Morgan fingerprint density at radius 3 is 2.55 bits per heavy atom. The molecule has 0 saturated carbocycles. The van der Waals surface area contributed by atoms with Gasteiger partial charge in [-0.15, -0.1) is 0 Å². The zero-order valence-electron chi connectivity index (χ0n) is 11.5. The van der Waals surface area contributed by atoms with Crippen LogP contribution in [0, 0.1) is 0 Å². The highest BCUT2D eigenvalue weighted by Crippen LogP contribution is 2.17. The number of hydrogen-bond donors (Lipinski definition) is 2. The normalized spacial score (nSPS) is 11.8. The number of amides is 1. The molecule has 1 atom stereocenters. The van der Waals surface area contributed by atoms with Crippen LogP contribution in [0.5, 0.6) is 5.75 Å². The van der Waals surface area contributed by atoms with E-state index in [2.05, 4.69) is 5.32 Å². The molecule has 104 valence electrons.